The van der Waals surface area contributed by atoms with Crippen molar-refractivity contribution in [3.8, 4) is 0 Å². The first-order chi connectivity index (χ1) is 10.8. The van der Waals surface area contributed by atoms with Gasteiger partial charge in [0.1, 0.15) is 4.32 Å². The van der Waals surface area contributed by atoms with E-state index in [1.54, 1.807) is 12.1 Å². The minimum absolute atomic E-state index is 0.0678. The second-order valence-corrected chi connectivity index (χ2v) is 8.72. The molecule has 0 bridgehead atoms. The summed E-state index contributed by atoms with van der Waals surface area (Å²) in [6, 6.07) is 6.39. The number of thioether (sulfide) groups is 1. The molecule has 7 nitrogen and oxygen atoms in total. The molecule has 0 aromatic heterocycles. The first-order valence-electron chi connectivity index (χ1n) is 6.87. The van der Waals surface area contributed by atoms with Crippen LogP contribution in [0.25, 0.3) is 0 Å². The molecule has 1 aromatic carbocycles. The van der Waals surface area contributed by atoms with Crippen LogP contribution in [0.15, 0.2) is 24.3 Å². The van der Waals surface area contributed by atoms with Crippen LogP contribution in [0.2, 0.25) is 0 Å². The summed E-state index contributed by atoms with van der Waals surface area (Å²) >= 11 is 6.86. The fraction of sp³-hybridized carbons (Fsp3) is 0.462. The Hall–Kier alpha value is -1.23. The summed E-state index contributed by atoms with van der Waals surface area (Å²) in [6.45, 7) is 2.05. The van der Waals surface area contributed by atoms with Crippen LogP contribution in [0.3, 0.4) is 0 Å². The summed E-state index contributed by atoms with van der Waals surface area (Å²) in [5.74, 6) is 0.628. The van der Waals surface area contributed by atoms with Gasteiger partial charge >= 0.3 is 0 Å². The smallest absolute Gasteiger partial charge is 0.269 e. The van der Waals surface area contributed by atoms with Crippen LogP contribution in [0, 0.1) is 10.1 Å². The molecule has 0 radical (unpaired) electrons. The van der Waals surface area contributed by atoms with Crippen molar-refractivity contribution >= 4 is 44.0 Å². The van der Waals surface area contributed by atoms with Gasteiger partial charge in [-0.2, -0.15) is 4.31 Å². The van der Waals surface area contributed by atoms with Crippen molar-refractivity contribution in [2.45, 2.75) is 5.75 Å². The normalized spacial score (nSPS) is 16.3. The van der Waals surface area contributed by atoms with E-state index in [2.05, 4.69) is 0 Å². The number of thiocarbonyl (C=S) groups is 1. The zero-order valence-corrected chi connectivity index (χ0v) is 15.0. The highest BCUT2D eigenvalue weighted by Gasteiger charge is 2.24. The summed E-state index contributed by atoms with van der Waals surface area (Å²) in [7, 11) is -3.14. The zero-order chi connectivity index (χ0) is 17.0. The molecule has 10 heteroatoms. The summed E-state index contributed by atoms with van der Waals surface area (Å²) < 4.78 is 25.1. The molecular weight excluding hydrogens is 358 g/mol. The highest BCUT2D eigenvalue weighted by atomic mass is 32.2. The lowest BCUT2D eigenvalue weighted by Crippen LogP contribution is -2.49. The largest absolute Gasteiger partial charge is 0.355 e. The van der Waals surface area contributed by atoms with Gasteiger partial charge in [0.05, 0.1) is 11.2 Å². The van der Waals surface area contributed by atoms with E-state index in [1.165, 1.54) is 34.5 Å². The number of non-ortho nitro benzene ring substituents is 1. The van der Waals surface area contributed by atoms with Gasteiger partial charge in [-0.15, -0.1) is 0 Å². The monoisotopic (exact) mass is 375 g/mol. The van der Waals surface area contributed by atoms with Gasteiger partial charge in [0.25, 0.3) is 5.69 Å². The minimum Gasteiger partial charge on any atom is -0.355 e. The molecule has 1 fully saturated rings. The van der Waals surface area contributed by atoms with Crippen LogP contribution in [0.5, 0.6) is 0 Å². The molecule has 23 heavy (non-hydrogen) atoms. The van der Waals surface area contributed by atoms with Crippen LogP contribution >= 0.6 is 24.0 Å². The summed E-state index contributed by atoms with van der Waals surface area (Å²) in [6.07, 6.45) is 1.21. The molecular formula is C13H17N3O4S3. The lowest BCUT2D eigenvalue weighted by molar-refractivity contribution is -0.384. The van der Waals surface area contributed by atoms with E-state index in [0.717, 1.165) is 9.88 Å². The minimum atomic E-state index is -3.14. The van der Waals surface area contributed by atoms with E-state index in [9.17, 15) is 18.5 Å². The van der Waals surface area contributed by atoms with E-state index >= 15 is 0 Å². The predicted molar refractivity (Wildman–Crippen MR) is 95.0 cm³/mol. The molecule has 2 rings (SSSR count). The molecule has 1 aromatic rings. The van der Waals surface area contributed by atoms with E-state index in [-0.39, 0.29) is 5.69 Å². The number of hydrogen-bond donors (Lipinski definition) is 0. The van der Waals surface area contributed by atoms with Crippen LogP contribution in [-0.2, 0) is 15.8 Å². The van der Waals surface area contributed by atoms with Gasteiger partial charge in [-0.1, -0.05) is 36.1 Å². The first kappa shape index (κ1) is 18.1. The highest BCUT2D eigenvalue weighted by Crippen LogP contribution is 2.20. The van der Waals surface area contributed by atoms with Gasteiger partial charge in [0.2, 0.25) is 10.0 Å². The fourth-order valence-corrected chi connectivity index (χ4v) is 4.19. The second-order valence-electron chi connectivity index (χ2n) is 5.13. The number of nitro benzene ring substituents is 1. The molecule has 1 heterocycles. The summed E-state index contributed by atoms with van der Waals surface area (Å²) in [5, 5.41) is 10.6. The Balaban J connectivity index is 1.83. The van der Waals surface area contributed by atoms with Crippen LogP contribution in [0.4, 0.5) is 5.69 Å². The number of hydrogen-bond acceptors (Lipinski definition) is 6. The van der Waals surface area contributed by atoms with E-state index in [0.29, 0.717) is 31.9 Å². The van der Waals surface area contributed by atoms with Crippen molar-refractivity contribution in [1.82, 2.24) is 9.21 Å². The molecule has 1 aliphatic rings. The van der Waals surface area contributed by atoms with Crippen LogP contribution < -0.4 is 0 Å². The molecule has 0 N–H and O–H groups in total. The number of nitrogens with zero attached hydrogens (tertiary/aromatic N) is 3. The molecule has 126 valence electrons. The number of benzene rings is 1. The van der Waals surface area contributed by atoms with Gasteiger partial charge < -0.3 is 4.90 Å². The molecule has 0 aliphatic carbocycles. The summed E-state index contributed by atoms with van der Waals surface area (Å²) in [4.78, 5) is 12.2. The Bertz CT molecular complexity index is 683. The third kappa shape index (κ3) is 5.13. The Morgan fingerprint density at radius 3 is 2.30 bits per heavy atom. The van der Waals surface area contributed by atoms with Crippen molar-refractivity contribution < 1.29 is 13.3 Å². The highest BCUT2D eigenvalue weighted by molar-refractivity contribution is 8.22. The third-order valence-electron chi connectivity index (χ3n) is 3.48. The molecule has 0 spiro atoms. The van der Waals surface area contributed by atoms with Crippen LogP contribution in [0.1, 0.15) is 5.56 Å². The van der Waals surface area contributed by atoms with E-state index < -0.39 is 14.9 Å². The van der Waals surface area contributed by atoms with Crippen molar-refractivity contribution in [2.24, 2.45) is 0 Å². The molecule has 0 saturated carbocycles. The van der Waals surface area contributed by atoms with Crippen molar-refractivity contribution in [3.05, 3.63) is 39.9 Å². The van der Waals surface area contributed by atoms with Gasteiger partial charge in [0, 0.05) is 44.1 Å². The van der Waals surface area contributed by atoms with Crippen molar-refractivity contribution in [3.63, 3.8) is 0 Å². The molecule has 0 unspecified atom stereocenters. The molecule has 0 amide bonds. The lowest BCUT2D eigenvalue weighted by Gasteiger charge is -2.34. The summed E-state index contributed by atoms with van der Waals surface area (Å²) in [5.41, 5.74) is 1.02. The third-order valence-corrected chi connectivity index (χ3v) is 6.37. The first-order valence-corrected chi connectivity index (χ1v) is 10.1. The topological polar surface area (TPSA) is 83.8 Å². The average Bonchev–Trinajstić information content (AvgIpc) is 2.52. The Morgan fingerprint density at radius 2 is 1.83 bits per heavy atom. The van der Waals surface area contributed by atoms with Crippen molar-refractivity contribution in [2.75, 3.05) is 32.4 Å². The molecule has 1 aliphatic heterocycles. The van der Waals surface area contributed by atoms with Gasteiger partial charge in [0.15, 0.2) is 0 Å². The van der Waals surface area contributed by atoms with Gasteiger partial charge in [-0.05, 0) is 5.56 Å². The van der Waals surface area contributed by atoms with E-state index in [1.807, 2.05) is 4.90 Å². The number of nitro groups is 1. The lowest BCUT2D eigenvalue weighted by atomic mass is 10.2. The maximum Gasteiger partial charge on any atom is 0.269 e. The van der Waals surface area contributed by atoms with Crippen molar-refractivity contribution in [1.29, 1.82) is 0 Å². The SMILES string of the molecule is CS(=O)(=O)N1CCN(C(=S)SCc2ccc([N+](=O)[O-])cc2)CC1. The molecule has 0 atom stereocenters. The number of piperazine rings is 1. The number of rotatable bonds is 4. The fourth-order valence-electron chi connectivity index (χ4n) is 2.15. The predicted octanol–water partition coefficient (Wildman–Crippen LogP) is 1.69. The van der Waals surface area contributed by atoms with Gasteiger partial charge in [-0.25, -0.2) is 8.42 Å². The standard InChI is InChI=1S/C13H17N3O4S3/c1-23(19,20)15-8-6-14(7-9-15)13(21)22-10-11-2-4-12(5-3-11)16(17)18/h2-5H,6-10H2,1H3. The Kier molecular flexibility index (Phi) is 5.95. The Morgan fingerprint density at radius 1 is 1.26 bits per heavy atom. The Labute approximate surface area is 144 Å². The number of sulfonamides is 1. The second kappa shape index (κ2) is 7.56. The van der Waals surface area contributed by atoms with Crippen LogP contribution in [-0.4, -0.2) is 59.3 Å². The maximum absolute atomic E-state index is 11.5. The quantitative estimate of drug-likeness (QED) is 0.450. The van der Waals surface area contributed by atoms with Gasteiger partial charge in [-0.3, -0.25) is 10.1 Å². The molecule has 1 saturated heterocycles. The maximum atomic E-state index is 11.5. The average molecular weight is 375 g/mol. The zero-order valence-electron chi connectivity index (χ0n) is 12.5. The van der Waals surface area contributed by atoms with E-state index in [4.69, 9.17) is 12.2 Å².